The number of aliphatic imine (C=N–C) groups is 1. The SMILES string of the molecule is CCNC(=NCCc1ccccc1)NC1CC=CC1.I. The Balaban J connectivity index is 0.00000200. The fraction of sp³-hybridized carbons (Fsp3) is 0.438. The van der Waals surface area contributed by atoms with Gasteiger partial charge in [-0.1, -0.05) is 42.5 Å². The minimum Gasteiger partial charge on any atom is -0.357 e. The van der Waals surface area contributed by atoms with Crippen LogP contribution in [-0.4, -0.2) is 25.1 Å². The van der Waals surface area contributed by atoms with Crippen molar-refractivity contribution in [3.8, 4) is 0 Å². The average Bonchev–Trinajstić information content (AvgIpc) is 2.93. The van der Waals surface area contributed by atoms with Gasteiger partial charge in [0.1, 0.15) is 0 Å². The van der Waals surface area contributed by atoms with E-state index in [0.29, 0.717) is 6.04 Å². The molecular formula is C16H24IN3. The molecule has 3 nitrogen and oxygen atoms in total. The van der Waals surface area contributed by atoms with Gasteiger partial charge in [-0.05, 0) is 31.7 Å². The lowest BCUT2D eigenvalue weighted by molar-refractivity contribution is 0.633. The number of halogens is 1. The van der Waals surface area contributed by atoms with E-state index in [0.717, 1.165) is 38.3 Å². The van der Waals surface area contributed by atoms with Crippen LogP contribution in [-0.2, 0) is 6.42 Å². The Morgan fingerprint density at radius 2 is 1.90 bits per heavy atom. The van der Waals surface area contributed by atoms with E-state index < -0.39 is 0 Å². The first-order valence-corrected chi connectivity index (χ1v) is 7.12. The summed E-state index contributed by atoms with van der Waals surface area (Å²) in [6, 6.07) is 11.0. The highest BCUT2D eigenvalue weighted by atomic mass is 127. The number of guanidine groups is 1. The molecule has 1 aliphatic carbocycles. The van der Waals surface area contributed by atoms with Gasteiger partial charge in [-0.3, -0.25) is 4.99 Å². The fourth-order valence-electron chi connectivity index (χ4n) is 2.19. The maximum Gasteiger partial charge on any atom is 0.191 e. The summed E-state index contributed by atoms with van der Waals surface area (Å²) in [6.45, 7) is 3.82. The van der Waals surface area contributed by atoms with Crippen molar-refractivity contribution in [2.24, 2.45) is 4.99 Å². The van der Waals surface area contributed by atoms with Crippen molar-refractivity contribution >= 4 is 29.9 Å². The van der Waals surface area contributed by atoms with Gasteiger partial charge >= 0.3 is 0 Å². The molecule has 2 N–H and O–H groups in total. The van der Waals surface area contributed by atoms with Crippen molar-refractivity contribution in [1.82, 2.24) is 10.6 Å². The van der Waals surface area contributed by atoms with Gasteiger partial charge in [-0.2, -0.15) is 0 Å². The molecule has 0 unspecified atom stereocenters. The summed E-state index contributed by atoms with van der Waals surface area (Å²) in [5.74, 6) is 0.937. The van der Waals surface area contributed by atoms with Crippen molar-refractivity contribution in [2.45, 2.75) is 32.2 Å². The lowest BCUT2D eigenvalue weighted by Crippen LogP contribution is -2.42. The lowest BCUT2D eigenvalue weighted by atomic mass is 10.2. The van der Waals surface area contributed by atoms with Gasteiger partial charge in [-0.15, -0.1) is 24.0 Å². The minimum atomic E-state index is 0. The predicted octanol–water partition coefficient (Wildman–Crippen LogP) is 3.12. The highest BCUT2D eigenvalue weighted by Crippen LogP contribution is 2.08. The summed E-state index contributed by atoms with van der Waals surface area (Å²) < 4.78 is 0. The number of hydrogen-bond donors (Lipinski definition) is 2. The van der Waals surface area contributed by atoms with Gasteiger partial charge in [0.15, 0.2) is 5.96 Å². The maximum absolute atomic E-state index is 4.64. The topological polar surface area (TPSA) is 36.4 Å². The quantitative estimate of drug-likeness (QED) is 0.354. The van der Waals surface area contributed by atoms with Crippen LogP contribution >= 0.6 is 24.0 Å². The Bertz CT molecular complexity index is 421. The zero-order chi connectivity index (χ0) is 13.3. The largest absolute Gasteiger partial charge is 0.357 e. The maximum atomic E-state index is 4.64. The molecule has 0 fully saturated rings. The predicted molar refractivity (Wildman–Crippen MR) is 96.8 cm³/mol. The normalized spacial score (nSPS) is 14.9. The Hall–Kier alpha value is -1.04. The van der Waals surface area contributed by atoms with Crippen LogP contribution in [0.2, 0.25) is 0 Å². The average molecular weight is 385 g/mol. The third-order valence-corrected chi connectivity index (χ3v) is 3.21. The molecule has 1 aliphatic rings. The second-order valence-corrected chi connectivity index (χ2v) is 4.78. The molecule has 20 heavy (non-hydrogen) atoms. The molecule has 1 aromatic carbocycles. The molecule has 0 heterocycles. The molecule has 1 aromatic rings. The van der Waals surface area contributed by atoms with E-state index >= 15 is 0 Å². The molecule has 2 rings (SSSR count). The highest BCUT2D eigenvalue weighted by molar-refractivity contribution is 14.0. The molecular weight excluding hydrogens is 361 g/mol. The third kappa shape index (κ3) is 5.94. The molecule has 110 valence electrons. The van der Waals surface area contributed by atoms with Gasteiger partial charge in [0.05, 0.1) is 0 Å². The third-order valence-electron chi connectivity index (χ3n) is 3.21. The first-order chi connectivity index (χ1) is 9.38. The smallest absolute Gasteiger partial charge is 0.191 e. The second-order valence-electron chi connectivity index (χ2n) is 4.78. The van der Waals surface area contributed by atoms with Crippen molar-refractivity contribution < 1.29 is 0 Å². The summed E-state index contributed by atoms with van der Waals surface area (Å²) >= 11 is 0. The lowest BCUT2D eigenvalue weighted by Gasteiger charge is -2.16. The Kier molecular flexibility index (Phi) is 8.34. The summed E-state index contributed by atoms with van der Waals surface area (Å²) in [7, 11) is 0. The molecule has 0 saturated carbocycles. The molecule has 0 radical (unpaired) electrons. The number of hydrogen-bond acceptors (Lipinski definition) is 1. The number of rotatable bonds is 5. The highest BCUT2D eigenvalue weighted by Gasteiger charge is 2.11. The van der Waals surface area contributed by atoms with Crippen LogP contribution in [0.3, 0.4) is 0 Å². The van der Waals surface area contributed by atoms with E-state index in [1.54, 1.807) is 0 Å². The molecule has 0 atom stereocenters. The van der Waals surface area contributed by atoms with E-state index in [1.807, 2.05) is 6.07 Å². The first-order valence-electron chi connectivity index (χ1n) is 7.12. The molecule has 0 amide bonds. The van der Waals surface area contributed by atoms with Crippen LogP contribution in [0.15, 0.2) is 47.5 Å². The van der Waals surface area contributed by atoms with Crippen LogP contribution in [0, 0.1) is 0 Å². The van der Waals surface area contributed by atoms with Crippen LogP contribution in [0.5, 0.6) is 0 Å². The summed E-state index contributed by atoms with van der Waals surface area (Å²) in [6.07, 6.45) is 7.64. The van der Waals surface area contributed by atoms with E-state index in [1.165, 1.54) is 5.56 Å². The zero-order valence-corrected chi connectivity index (χ0v) is 14.3. The number of nitrogens with zero attached hydrogens (tertiary/aromatic N) is 1. The standard InChI is InChI=1S/C16H23N3.HI/c1-2-17-16(19-15-10-6-7-11-15)18-13-12-14-8-4-3-5-9-14;/h3-9,15H,2,10-13H2,1H3,(H2,17,18,19);1H. The summed E-state index contributed by atoms with van der Waals surface area (Å²) in [5.41, 5.74) is 1.34. The fourth-order valence-corrected chi connectivity index (χ4v) is 2.19. The van der Waals surface area contributed by atoms with Gasteiger partial charge < -0.3 is 10.6 Å². The van der Waals surface area contributed by atoms with Crippen molar-refractivity contribution in [3.05, 3.63) is 48.0 Å². The van der Waals surface area contributed by atoms with Gasteiger partial charge in [-0.25, -0.2) is 0 Å². The van der Waals surface area contributed by atoms with Gasteiger partial charge in [0.25, 0.3) is 0 Å². The molecule has 0 saturated heterocycles. The van der Waals surface area contributed by atoms with E-state index in [2.05, 4.69) is 59.0 Å². The Morgan fingerprint density at radius 1 is 1.20 bits per heavy atom. The van der Waals surface area contributed by atoms with Gasteiger partial charge in [0, 0.05) is 19.1 Å². The summed E-state index contributed by atoms with van der Waals surface area (Å²) in [5, 5.41) is 6.79. The molecule has 0 bridgehead atoms. The van der Waals surface area contributed by atoms with E-state index in [9.17, 15) is 0 Å². The van der Waals surface area contributed by atoms with Crippen LogP contribution in [0.25, 0.3) is 0 Å². The van der Waals surface area contributed by atoms with E-state index in [4.69, 9.17) is 0 Å². The van der Waals surface area contributed by atoms with Crippen molar-refractivity contribution in [3.63, 3.8) is 0 Å². The molecule has 0 spiro atoms. The Morgan fingerprint density at radius 3 is 2.55 bits per heavy atom. The molecule has 0 aliphatic heterocycles. The second kappa shape index (κ2) is 9.80. The van der Waals surface area contributed by atoms with Crippen LogP contribution < -0.4 is 10.6 Å². The zero-order valence-electron chi connectivity index (χ0n) is 12.0. The molecule has 4 heteroatoms. The van der Waals surface area contributed by atoms with Crippen LogP contribution in [0.1, 0.15) is 25.3 Å². The van der Waals surface area contributed by atoms with Crippen LogP contribution in [0.4, 0.5) is 0 Å². The van der Waals surface area contributed by atoms with E-state index in [-0.39, 0.29) is 24.0 Å². The first kappa shape index (κ1) is 17.0. The summed E-state index contributed by atoms with van der Waals surface area (Å²) in [4.78, 5) is 4.64. The number of nitrogens with one attached hydrogen (secondary N) is 2. The van der Waals surface area contributed by atoms with Gasteiger partial charge in [0.2, 0.25) is 0 Å². The number of benzene rings is 1. The monoisotopic (exact) mass is 385 g/mol. The minimum absolute atomic E-state index is 0. The van der Waals surface area contributed by atoms with Crippen molar-refractivity contribution in [2.75, 3.05) is 13.1 Å². The Labute approximate surface area is 139 Å². The molecule has 0 aromatic heterocycles. The van der Waals surface area contributed by atoms with Crippen molar-refractivity contribution in [1.29, 1.82) is 0 Å².